The Hall–Kier alpha value is -1.69. The van der Waals surface area contributed by atoms with Crippen molar-refractivity contribution < 1.29 is 14.7 Å². The topological polar surface area (TPSA) is 105 Å². The SMILES string of the molecule is CC(=O)NN=C(C)CC/C(=C/C(=O)O)CN. The van der Waals surface area contributed by atoms with E-state index >= 15 is 0 Å². The second-order valence-electron chi connectivity index (χ2n) is 3.36. The first-order chi connectivity index (χ1) is 7.45. The van der Waals surface area contributed by atoms with Gasteiger partial charge in [0.05, 0.1) is 0 Å². The first-order valence-corrected chi connectivity index (χ1v) is 4.88. The van der Waals surface area contributed by atoms with E-state index in [0.29, 0.717) is 18.4 Å². The Morgan fingerprint density at radius 2 is 2.00 bits per heavy atom. The largest absolute Gasteiger partial charge is 0.478 e. The minimum absolute atomic E-state index is 0.208. The Labute approximate surface area is 94.2 Å². The minimum Gasteiger partial charge on any atom is -0.478 e. The average Bonchev–Trinajstić information content (AvgIpc) is 2.20. The quantitative estimate of drug-likeness (QED) is 0.343. The normalized spacial score (nSPS) is 12.4. The van der Waals surface area contributed by atoms with E-state index in [4.69, 9.17) is 10.8 Å². The number of hydrazone groups is 1. The number of nitrogens with one attached hydrogen (secondary N) is 1. The standard InChI is InChI=1S/C10H17N3O3/c1-7(12-13-8(2)14)3-4-9(6-11)5-10(15)16/h5H,3-4,6,11H2,1-2H3,(H,13,14)(H,15,16)/b9-5-,12-7?. The van der Waals surface area contributed by atoms with Crippen LogP contribution in [-0.2, 0) is 9.59 Å². The number of carbonyl (C=O) groups excluding carboxylic acids is 1. The number of carbonyl (C=O) groups is 2. The van der Waals surface area contributed by atoms with Crippen LogP contribution in [-0.4, -0.2) is 29.2 Å². The van der Waals surface area contributed by atoms with E-state index in [2.05, 4.69) is 10.5 Å². The van der Waals surface area contributed by atoms with Crippen molar-refractivity contribution in [1.82, 2.24) is 5.43 Å². The molecule has 0 aromatic rings. The van der Waals surface area contributed by atoms with Gasteiger partial charge in [0, 0.05) is 25.3 Å². The summed E-state index contributed by atoms with van der Waals surface area (Å²) >= 11 is 0. The van der Waals surface area contributed by atoms with Crippen molar-refractivity contribution in [1.29, 1.82) is 0 Å². The van der Waals surface area contributed by atoms with Crippen molar-refractivity contribution >= 4 is 17.6 Å². The molecule has 0 radical (unpaired) electrons. The number of rotatable bonds is 6. The zero-order chi connectivity index (χ0) is 12.6. The molecule has 0 saturated heterocycles. The fraction of sp³-hybridized carbons (Fsp3) is 0.500. The Bertz CT molecular complexity index is 321. The molecule has 0 rings (SSSR count). The lowest BCUT2D eigenvalue weighted by Gasteiger charge is -2.03. The highest BCUT2D eigenvalue weighted by Crippen LogP contribution is 2.04. The molecule has 0 heterocycles. The second-order valence-corrected chi connectivity index (χ2v) is 3.36. The molecule has 0 fully saturated rings. The highest BCUT2D eigenvalue weighted by Gasteiger charge is 2.00. The van der Waals surface area contributed by atoms with Crippen molar-refractivity contribution in [2.24, 2.45) is 10.8 Å². The molecule has 1 amide bonds. The number of nitrogens with two attached hydrogens (primary N) is 1. The van der Waals surface area contributed by atoms with Crippen LogP contribution in [0.25, 0.3) is 0 Å². The van der Waals surface area contributed by atoms with E-state index < -0.39 is 5.97 Å². The van der Waals surface area contributed by atoms with Crippen LogP contribution in [0.4, 0.5) is 0 Å². The van der Waals surface area contributed by atoms with E-state index in [-0.39, 0.29) is 12.5 Å². The molecule has 90 valence electrons. The molecule has 6 nitrogen and oxygen atoms in total. The van der Waals surface area contributed by atoms with Crippen LogP contribution in [0.1, 0.15) is 26.7 Å². The Morgan fingerprint density at radius 3 is 2.44 bits per heavy atom. The Morgan fingerprint density at radius 1 is 1.38 bits per heavy atom. The lowest BCUT2D eigenvalue weighted by atomic mass is 10.1. The zero-order valence-corrected chi connectivity index (χ0v) is 9.49. The van der Waals surface area contributed by atoms with Gasteiger partial charge in [-0.2, -0.15) is 5.10 Å². The summed E-state index contributed by atoms with van der Waals surface area (Å²) in [5.41, 5.74) is 9.06. The Kier molecular flexibility index (Phi) is 6.78. The number of carboxylic acids is 1. The van der Waals surface area contributed by atoms with Crippen LogP contribution in [0.3, 0.4) is 0 Å². The summed E-state index contributed by atoms with van der Waals surface area (Å²) in [4.78, 5) is 21.0. The van der Waals surface area contributed by atoms with E-state index in [1.54, 1.807) is 6.92 Å². The molecule has 0 spiro atoms. The zero-order valence-electron chi connectivity index (χ0n) is 9.49. The van der Waals surface area contributed by atoms with Crippen LogP contribution in [0, 0.1) is 0 Å². The van der Waals surface area contributed by atoms with Gasteiger partial charge in [-0.1, -0.05) is 0 Å². The third-order valence-corrected chi connectivity index (χ3v) is 1.80. The number of hydrogen-bond donors (Lipinski definition) is 3. The Balaban J connectivity index is 4.16. The van der Waals surface area contributed by atoms with Gasteiger partial charge in [0.25, 0.3) is 0 Å². The van der Waals surface area contributed by atoms with Gasteiger partial charge in [-0.15, -0.1) is 0 Å². The van der Waals surface area contributed by atoms with Crippen LogP contribution in [0.5, 0.6) is 0 Å². The molecule has 6 heteroatoms. The molecule has 0 aromatic heterocycles. The molecule has 0 aliphatic heterocycles. The highest BCUT2D eigenvalue weighted by atomic mass is 16.4. The summed E-state index contributed by atoms with van der Waals surface area (Å²) in [6, 6.07) is 0. The minimum atomic E-state index is -1.00. The smallest absolute Gasteiger partial charge is 0.328 e. The maximum absolute atomic E-state index is 10.6. The first kappa shape index (κ1) is 14.3. The lowest BCUT2D eigenvalue weighted by Crippen LogP contribution is -2.15. The van der Waals surface area contributed by atoms with Gasteiger partial charge in [0.2, 0.25) is 5.91 Å². The molecule has 4 N–H and O–H groups in total. The van der Waals surface area contributed by atoms with Crippen molar-refractivity contribution in [3.8, 4) is 0 Å². The van der Waals surface area contributed by atoms with Crippen LogP contribution < -0.4 is 11.2 Å². The summed E-state index contributed by atoms with van der Waals surface area (Å²) in [7, 11) is 0. The van der Waals surface area contributed by atoms with Gasteiger partial charge in [-0.05, 0) is 25.3 Å². The van der Waals surface area contributed by atoms with Crippen LogP contribution >= 0.6 is 0 Å². The summed E-state index contributed by atoms with van der Waals surface area (Å²) in [6.07, 6.45) is 2.19. The molecule has 0 saturated carbocycles. The molecule has 0 atom stereocenters. The number of aliphatic carboxylic acids is 1. The van der Waals surface area contributed by atoms with Gasteiger partial charge in [0.15, 0.2) is 0 Å². The molecular formula is C10H17N3O3. The van der Waals surface area contributed by atoms with Gasteiger partial charge < -0.3 is 10.8 Å². The predicted octanol–water partition coefficient (Wildman–Crippen LogP) is 0.248. The van der Waals surface area contributed by atoms with E-state index in [9.17, 15) is 9.59 Å². The van der Waals surface area contributed by atoms with Crippen molar-refractivity contribution in [3.05, 3.63) is 11.6 Å². The van der Waals surface area contributed by atoms with Gasteiger partial charge in [-0.25, -0.2) is 10.2 Å². The predicted molar refractivity (Wildman–Crippen MR) is 60.9 cm³/mol. The van der Waals surface area contributed by atoms with Crippen molar-refractivity contribution in [3.63, 3.8) is 0 Å². The fourth-order valence-corrected chi connectivity index (χ4v) is 0.979. The maximum atomic E-state index is 10.6. The van der Waals surface area contributed by atoms with Crippen LogP contribution in [0.2, 0.25) is 0 Å². The van der Waals surface area contributed by atoms with E-state index in [1.807, 2.05) is 0 Å². The number of amides is 1. The maximum Gasteiger partial charge on any atom is 0.328 e. The fourth-order valence-electron chi connectivity index (χ4n) is 0.979. The summed E-state index contributed by atoms with van der Waals surface area (Å²) in [5.74, 6) is -1.24. The number of carboxylic acid groups (broad SMARTS) is 1. The van der Waals surface area contributed by atoms with Crippen molar-refractivity contribution in [2.75, 3.05) is 6.54 Å². The number of hydrogen-bond acceptors (Lipinski definition) is 4. The first-order valence-electron chi connectivity index (χ1n) is 4.88. The molecular weight excluding hydrogens is 210 g/mol. The molecule has 16 heavy (non-hydrogen) atoms. The number of nitrogens with zero attached hydrogens (tertiary/aromatic N) is 1. The van der Waals surface area contributed by atoms with E-state index in [1.165, 1.54) is 6.92 Å². The monoisotopic (exact) mass is 227 g/mol. The van der Waals surface area contributed by atoms with Gasteiger partial charge >= 0.3 is 5.97 Å². The van der Waals surface area contributed by atoms with E-state index in [0.717, 1.165) is 11.8 Å². The lowest BCUT2D eigenvalue weighted by molar-refractivity contribution is -0.131. The molecule has 0 bridgehead atoms. The van der Waals surface area contributed by atoms with Crippen molar-refractivity contribution in [2.45, 2.75) is 26.7 Å². The average molecular weight is 227 g/mol. The summed E-state index contributed by atoms with van der Waals surface area (Å²) in [5, 5.41) is 12.3. The third kappa shape index (κ3) is 7.69. The summed E-state index contributed by atoms with van der Waals surface area (Å²) < 4.78 is 0. The second kappa shape index (κ2) is 7.58. The van der Waals surface area contributed by atoms with Crippen LogP contribution in [0.15, 0.2) is 16.8 Å². The van der Waals surface area contributed by atoms with Gasteiger partial charge in [0.1, 0.15) is 0 Å². The molecule has 0 aliphatic rings. The molecule has 0 aromatic carbocycles. The van der Waals surface area contributed by atoms with Gasteiger partial charge in [-0.3, -0.25) is 4.79 Å². The molecule has 0 aliphatic carbocycles. The highest BCUT2D eigenvalue weighted by molar-refractivity contribution is 5.84. The third-order valence-electron chi connectivity index (χ3n) is 1.80. The molecule has 0 unspecified atom stereocenters. The summed E-state index contributed by atoms with van der Waals surface area (Å²) in [6.45, 7) is 3.33.